The van der Waals surface area contributed by atoms with E-state index in [1.165, 1.54) is 12.8 Å². The average molecular weight is 444 g/mol. The van der Waals surface area contributed by atoms with Crippen LogP contribution in [0.5, 0.6) is 0 Å². The van der Waals surface area contributed by atoms with Gasteiger partial charge in [0.25, 0.3) is 0 Å². The van der Waals surface area contributed by atoms with Crippen molar-refractivity contribution in [3.63, 3.8) is 0 Å². The van der Waals surface area contributed by atoms with E-state index in [2.05, 4.69) is 6.92 Å². The molecule has 0 aromatic heterocycles. The number of nitrogens with zero attached hydrogens (tertiary/aromatic N) is 1. The van der Waals surface area contributed by atoms with Crippen LogP contribution in [0.15, 0.2) is 30.3 Å². The summed E-state index contributed by atoms with van der Waals surface area (Å²) in [5.74, 6) is 0.656. The minimum Gasteiger partial charge on any atom is -0.445 e. The number of carbonyl (C=O) groups is 2. The van der Waals surface area contributed by atoms with Crippen molar-refractivity contribution >= 4 is 11.9 Å². The normalized spacial score (nSPS) is 25.6. The summed E-state index contributed by atoms with van der Waals surface area (Å²) in [7, 11) is 0. The number of aliphatic hydroxyl groups is 1. The highest BCUT2D eigenvalue weighted by atomic mass is 16.6. The number of piperidine rings is 1. The summed E-state index contributed by atoms with van der Waals surface area (Å²) in [4.78, 5) is 27.5. The molecule has 1 aliphatic heterocycles. The minimum atomic E-state index is -0.507. The summed E-state index contributed by atoms with van der Waals surface area (Å²) >= 11 is 0. The molecule has 0 bridgehead atoms. The fourth-order valence-corrected chi connectivity index (χ4v) is 5.69. The Hall–Kier alpha value is -1.88. The van der Waals surface area contributed by atoms with Gasteiger partial charge < -0.3 is 9.84 Å². The number of rotatable bonds is 10. The number of hydrogen-bond donors (Lipinski definition) is 1. The van der Waals surface area contributed by atoms with Gasteiger partial charge in [0.15, 0.2) is 0 Å². The van der Waals surface area contributed by atoms with Gasteiger partial charge in [-0.15, -0.1) is 0 Å². The molecule has 32 heavy (non-hydrogen) atoms. The van der Waals surface area contributed by atoms with E-state index >= 15 is 0 Å². The van der Waals surface area contributed by atoms with Crippen LogP contribution in [0.1, 0.15) is 96.0 Å². The van der Waals surface area contributed by atoms with Crippen molar-refractivity contribution in [1.29, 1.82) is 0 Å². The quantitative estimate of drug-likeness (QED) is 0.448. The number of ether oxygens (including phenoxy) is 1. The predicted molar refractivity (Wildman–Crippen MR) is 126 cm³/mol. The second-order valence-corrected chi connectivity index (χ2v) is 9.78. The molecule has 3 rings (SSSR count). The number of unbranched alkanes of at least 4 members (excludes halogenated alkanes) is 3. The lowest BCUT2D eigenvalue weighted by Crippen LogP contribution is -2.62. The first kappa shape index (κ1) is 24.8. The molecule has 5 nitrogen and oxygen atoms in total. The van der Waals surface area contributed by atoms with Gasteiger partial charge in [-0.05, 0) is 50.0 Å². The lowest BCUT2D eigenvalue weighted by Gasteiger charge is -2.54. The highest BCUT2D eigenvalue weighted by Crippen LogP contribution is 2.47. The molecule has 1 saturated carbocycles. The molecule has 1 aliphatic carbocycles. The first-order valence-corrected chi connectivity index (χ1v) is 12.7. The van der Waals surface area contributed by atoms with E-state index in [0.717, 1.165) is 56.9 Å². The van der Waals surface area contributed by atoms with Crippen molar-refractivity contribution in [2.45, 2.75) is 109 Å². The molecule has 1 amide bonds. The fourth-order valence-electron chi connectivity index (χ4n) is 5.69. The van der Waals surface area contributed by atoms with Crippen molar-refractivity contribution in [3.05, 3.63) is 35.9 Å². The van der Waals surface area contributed by atoms with Crippen molar-refractivity contribution in [2.75, 3.05) is 6.54 Å². The first-order valence-electron chi connectivity index (χ1n) is 12.7. The highest BCUT2D eigenvalue weighted by molar-refractivity contribution is 5.78. The van der Waals surface area contributed by atoms with Crippen LogP contribution in [0.4, 0.5) is 4.79 Å². The molecular weight excluding hydrogens is 402 g/mol. The van der Waals surface area contributed by atoms with E-state index in [0.29, 0.717) is 37.5 Å². The van der Waals surface area contributed by atoms with E-state index < -0.39 is 6.10 Å². The first-order chi connectivity index (χ1) is 15.5. The van der Waals surface area contributed by atoms with Crippen molar-refractivity contribution in [1.82, 2.24) is 4.90 Å². The predicted octanol–water partition coefficient (Wildman–Crippen LogP) is 6.03. The van der Waals surface area contributed by atoms with Crippen LogP contribution in [0, 0.1) is 5.92 Å². The molecule has 2 fully saturated rings. The Bertz CT molecular complexity index is 722. The highest BCUT2D eigenvalue weighted by Gasteiger charge is 2.50. The van der Waals surface area contributed by atoms with Crippen LogP contribution in [-0.4, -0.2) is 40.1 Å². The van der Waals surface area contributed by atoms with Gasteiger partial charge in [0.1, 0.15) is 12.4 Å². The monoisotopic (exact) mass is 443 g/mol. The molecule has 1 saturated heterocycles. The summed E-state index contributed by atoms with van der Waals surface area (Å²) in [6.45, 7) is 2.75. The Morgan fingerprint density at radius 3 is 2.66 bits per heavy atom. The molecule has 3 atom stereocenters. The molecule has 1 aromatic rings. The second-order valence-electron chi connectivity index (χ2n) is 9.78. The zero-order chi connectivity index (χ0) is 22.8. The number of hydrogen-bond acceptors (Lipinski definition) is 4. The van der Waals surface area contributed by atoms with Crippen LogP contribution >= 0.6 is 0 Å². The van der Waals surface area contributed by atoms with Crippen LogP contribution in [0.25, 0.3) is 0 Å². The summed E-state index contributed by atoms with van der Waals surface area (Å²) in [5.41, 5.74) is 0.676. The van der Waals surface area contributed by atoms with E-state index in [-0.39, 0.29) is 18.2 Å². The number of aliphatic hydroxyl groups excluding tert-OH is 1. The SMILES string of the molecule is CCCCCCC(=O)CC[C@@H]1CCCC[C@]12CC[C@@H](O)CN2C(=O)OCc1ccccc1. The third-order valence-corrected chi connectivity index (χ3v) is 7.52. The molecule has 1 heterocycles. The van der Waals surface area contributed by atoms with Gasteiger partial charge in [-0.3, -0.25) is 9.69 Å². The Balaban J connectivity index is 1.64. The topological polar surface area (TPSA) is 66.8 Å². The van der Waals surface area contributed by atoms with Gasteiger partial charge >= 0.3 is 6.09 Å². The molecule has 0 radical (unpaired) electrons. The summed E-state index contributed by atoms with van der Waals surface area (Å²) in [6, 6.07) is 9.71. The lowest BCUT2D eigenvalue weighted by molar-refractivity contribution is -0.120. The molecule has 1 N–H and O–H groups in total. The summed E-state index contributed by atoms with van der Waals surface area (Å²) in [6.07, 6.45) is 11.5. The molecule has 2 aliphatic rings. The fraction of sp³-hybridized carbons (Fsp3) is 0.704. The summed E-state index contributed by atoms with van der Waals surface area (Å²) in [5, 5.41) is 10.4. The van der Waals surface area contributed by atoms with E-state index in [1.54, 1.807) is 0 Å². The Kier molecular flexibility index (Phi) is 9.58. The van der Waals surface area contributed by atoms with Gasteiger partial charge in [0.2, 0.25) is 0 Å². The Labute approximate surface area is 193 Å². The standard InChI is InChI=1S/C27H41NO4/c1-2-3-4-8-14-24(29)16-15-23-13-9-10-18-27(23)19-17-25(30)20-28(27)26(31)32-21-22-11-6-5-7-12-22/h5-7,11-12,23,25,30H,2-4,8-10,13-21H2,1H3/t23-,25+,27-/m0/s1. The Morgan fingerprint density at radius 2 is 1.88 bits per heavy atom. The molecule has 178 valence electrons. The third kappa shape index (κ3) is 6.57. The molecular formula is C27H41NO4. The summed E-state index contributed by atoms with van der Waals surface area (Å²) < 4.78 is 5.70. The van der Waals surface area contributed by atoms with Gasteiger partial charge in [-0.25, -0.2) is 4.79 Å². The number of β-amino-alcohol motifs (C(OH)–C–C–N with tert-alkyl or cyclic N) is 1. The van der Waals surface area contributed by atoms with Crippen molar-refractivity contribution in [3.8, 4) is 0 Å². The molecule has 5 heteroatoms. The van der Waals surface area contributed by atoms with Crippen LogP contribution in [-0.2, 0) is 16.1 Å². The number of amides is 1. The largest absolute Gasteiger partial charge is 0.445 e. The zero-order valence-electron chi connectivity index (χ0n) is 19.8. The molecule has 0 unspecified atom stereocenters. The molecule has 1 aromatic carbocycles. The van der Waals surface area contributed by atoms with Gasteiger partial charge in [0, 0.05) is 18.4 Å². The van der Waals surface area contributed by atoms with Gasteiger partial charge in [-0.1, -0.05) is 69.4 Å². The van der Waals surface area contributed by atoms with Gasteiger partial charge in [-0.2, -0.15) is 0 Å². The number of Topliss-reactive ketones (excluding diaryl/α,β-unsaturated/α-hetero) is 1. The minimum absolute atomic E-state index is 0.239. The zero-order valence-corrected chi connectivity index (χ0v) is 19.8. The maximum Gasteiger partial charge on any atom is 0.410 e. The second kappa shape index (κ2) is 12.4. The van der Waals surface area contributed by atoms with Crippen molar-refractivity contribution < 1.29 is 19.4 Å². The van der Waals surface area contributed by atoms with Crippen LogP contribution < -0.4 is 0 Å². The average Bonchev–Trinajstić information content (AvgIpc) is 2.82. The smallest absolute Gasteiger partial charge is 0.410 e. The lowest BCUT2D eigenvalue weighted by atomic mass is 9.65. The van der Waals surface area contributed by atoms with E-state index in [9.17, 15) is 14.7 Å². The maximum atomic E-state index is 13.2. The van der Waals surface area contributed by atoms with Gasteiger partial charge in [0.05, 0.1) is 12.6 Å². The Morgan fingerprint density at radius 1 is 1.06 bits per heavy atom. The number of carbonyl (C=O) groups excluding carboxylic acids is 2. The van der Waals surface area contributed by atoms with Crippen LogP contribution in [0.3, 0.4) is 0 Å². The number of likely N-dealkylation sites (tertiary alicyclic amines) is 1. The van der Waals surface area contributed by atoms with Crippen molar-refractivity contribution in [2.24, 2.45) is 5.92 Å². The van der Waals surface area contributed by atoms with E-state index in [4.69, 9.17) is 4.74 Å². The number of ketones is 1. The third-order valence-electron chi connectivity index (χ3n) is 7.52. The maximum absolute atomic E-state index is 13.2. The van der Waals surface area contributed by atoms with Crippen LogP contribution in [0.2, 0.25) is 0 Å². The van der Waals surface area contributed by atoms with E-state index in [1.807, 2.05) is 35.2 Å². The number of benzene rings is 1. The molecule has 1 spiro atoms.